The number of allylic oxidation sites excluding steroid dienone is 2. The molecular weight excluding hydrogens is 440 g/mol. The van der Waals surface area contributed by atoms with Crippen LogP contribution in [-0.2, 0) is 32.3 Å². The third kappa shape index (κ3) is 6.38. The predicted octanol–water partition coefficient (Wildman–Crippen LogP) is 5.98. The van der Waals surface area contributed by atoms with Gasteiger partial charge in [0.1, 0.15) is 19.0 Å². The van der Waals surface area contributed by atoms with Crippen molar-refractivity contribution in [1.29, 1.82) is 0 Å². The molecule has 1 atom stereocenters. The van der Waals surface area contributed by atoms with Crippen molar-refractivity contribution in [2.24, 2.45) is 11.8 Å². The Kier molecular flexibility index (Phi) is 8.34. The second kappa shape index (κ2) is 12.0. The summed E-state index contributed by atoms with van der Waals surface area (Å²) in [6.45, 7) is 0.208. The van der Waals surface area contributed by atoms with Gasteiger partial charge in [-0.2, -0.15) is 0 Å². The summed E-state index contributed by atoms with van der Waals surface area (Å²) in [5, 5.41) is 0. The first kappa shape index (κ1) is 24.3. The Hall–Kier alpha value is -3.86. The van der Waals surface area contributed by atoms with Crippen LogP contribution in [0.2, 0.25) is 0 Å². The zero-order valence-electron chi connectivity index (χ0n) is 19.9. The molecule has 0 N–H and O–H groups in total. The standard InChI is InChI=1S/C30H30O5/c1-33-25-16-10-15-24(19-25)26-17-8-9-18-27(26)28(29(31)34-20-22-11-4-2-5-12-22)30(32)35-21-23-13-6-3-7-14-23/h2-7,10-17,19,27-28H,8-9,18,20-21H2,1H3. The summed E-state index contributed by atoms with van der Waals surface area (Å²) in [5.41, 5.74) is 3.62. The van der Waals surface area contributed by atoms with Crippen LogP contribution in [0.1, 0.15) is 36.0 Å². The molecule has 1 aliphatic rings. The lowest BCUT2D eigenvalue weighted by Crippen LogP contribution is -2.35. The van der Waals surface area contributed by atoms with Gasteiger partial charge >= 0.3 is 11.9 Å². The van der Waals surface area contributed by atoms with E-state index < -0.39 is 17.9 Å². The summed E-state index contributed by atoms with van der Waals surface area (Å²) >= 11 is 0. The van der Waals surface area contributed by atoms with E-state index >= 15 is 0 Å². The van der Waals surface area contributed by atoms with E-state index in [9.17, 15) is 9.59 Å². The minimum atomic E-state index is -1.06. The Morgan fingerprint density at radius 1 is 0.829 bits per heavy atom. The molecule has 3 aromatic carbocycles. The average Bonchev–Trinajstić information content (AvgIpc) is 2.92. The fraction of sp³-hybridized carbons (Fsp3) is 0.267. The van der Waals surface area contributed by atoms with Crippen LogP contribution in [0.15, 0.2) is 91.0 Å². The molecule has 3 aromatic rings. The van der Waals surface area contributed by atoms with Crippen LogP contribution in [0.4, 0.5) is 0 Å². The molecular formula is C30H30O5. The van der Waals surface area contributed by atoms with Crippen LogP contribution in [-0.4, -0.2) is 19.0 Å². The molecule has 5 heteroatoms. The largest absolute Gasteiger partial charge is 0.497 e. The van der Waals surface area contributed by atoms with Gasteiger partial charge < -0.3 is 14.2 Å². The fourth-order valence-corrected chi connectivity index (χ4v) is 4.44. The van der Waals surface area contributed by atoms with Crippen LogP contribution in [0.25, 0.3) is 5.57 Å². The van der Waals surface area contributed by atoms with Gasteiger partial charge in [0.15, 0.2) is 5.92 Å². The molecule has 0 aromatic heterocycles. The third-order valence-electron chi connectivity index (χ3n) is 6.24. The zero-order valence-corrected chi connectivity index (χ0v) is 19.9. The number of esters is 2. The van der Waals surface area contributed by atoms with Gasteiger partial charge in [-0.1, -0.05) is 78.9 Å². The summed E-state index contributed by atoms with van der Waals surface area (Å²) in [7, 11) is 1.62. The summed E-state index contributed by atoms with van der Waals surface area (Å²) in [5.74, 6) is -1.80. The first-order chi connectivity index (χ1) is 17.2. The first-order valence-electron chi connectivity index (χ1n) is 11.9. The Bertz CT molecular complexity index is 1100. The minimum Gasteiger partial charge on any atom is -0.497 e. The summed E-state index contributed by atoms with van der Waals surface area (Å²) in [6.07, 6.45) is 4.57. The Labute approximate surface area is 206 Å². The van der Waals surface area contributed by atoms with Gasteiger partial charge in [0.2, 0.25) is 0 Å². The number of carbonyl (C=O) groups excluding carboxylic acids is 2. The maximum atomic E-state index is 13.4. The van der Waals surface area contributed by atoms with Crippen molar-refractivity contribution in [2.75, 3.05) is 7.11 Å². The van der Waals surface area contributed by atoms with Gasteiger partial charge in [0, 0.05) is 5.92 Å². The lowest BCUT2D eigenvalue weighted by atomic mass is 9.76. The van der Waals surface area contributed by atoms with Crippen molar-refractivity contribution in [3.05, 3.63) is 108 Å². The zero-order chi connectivity index (χ0) is 24.5. The Balaban J connectivity index is 1.59. The molecule has 0 bridgehead atoms. The number of hydrogen-bond acceptors (Lipinski definition) is 5. The van der Waals surface area contributed by atoms with E-state index in [2.05, 4.69) is 6.08 Å². The molecule has 0 fully saturated rings. The first-order valence-corrected chi connectivity index (χ1v) is 11.9. The molecule has 0 radical (unpaired) electrons. The number of hydrogen-bond donors (Lipinski definition) is 0. The van der Waals surface area contributed by atoms with Gasteiger partial charge in [-0.25, -0.2) is 0 Å². The van der Waals surface area contributed by atoms with Crippen molar-refractivity contribution in [1.82, 2.24) is 0 Å². The number of benzene rings is 3. The normalized spacial score (nSPS) is 15.3. The van der Waals surface area contributed by atoms with Gasteiger partial charge in [0.05, 0.1) is 7.11 Å². The summed E-state index contributed by atoms with van der Waals surface area (Å²) in [6, 6.07) is 26.6. The van der Waals surface area contributed by atoms with E-state index in [0.717, 1.165) is 40.9 Å². The molecule has 0 saturated carbocycles. The van der Waals surface area contributed by atoms with Crippen LogP contribution in [0.3, 0.4) is 0 Å². The van der Waals surface area contributed by atoms with Crippen molar-refractivity contribution in [3.8, 4) is 5.75 Å². The maximum Gasteiger partial charge on any atom is 0.321 e. The summed E-state index contributed by atoms with van der Waals surface area (Å²) < 4.78 is 16.7. The molecule has 4 rings (SSSR count). The van der Waals surface area contributed by atoms with E-state index in [1.54, 1.807) is 7.11 Å². The molecule has 0 aliphatic heterocycles. The smallest absolute Gasteiger partial charge is 0.321 e. The highest BCUT2D eigenvalue weighted by molar-refractivity contribution is 5.97. The highest BCUT2D eigenvalue weighted by Gasteiger charge is 2.40. The average molecular weight is 471 g/mol. The Morgan fingerprint density at radius 3 is 2.00 bits per heavy atom. The number of rotatable bonds is 9. The SMILES string of the molecule is COc1cccc(C2=CCCCC2C(C(=O)OCc2ccccc2)C(=O)OCc2ccccc2)c1. The van der Waals surface area contributed by atoms with Crippen molar-refractivity contribution >= 4 is 17.5 Å². The van der Waals surface area contributed by atoms with Crippen LogP contribution in [0, 0.1) is 11.8 Å². The quantitative estimate of drug-likeness (QED) is 0.284. The minimum absolute atomic E-state index is 0.104. The molecule has 180 valence electrons. The van der Waals surface area contributed by atoms with Crippen molar-refractivity contribution < 1.29 is 23.8 Å². The molecule has 5 nitrogen and oxygen atoms in total. The van der Waals surface area contributed by atoms with E-state index in [-0.39, 0.29) is 19.1 Å². The van der Waals surface area contributed by atoms with Gasteiger partial charge in [-0.3, -0.25) is 9.59 Å². The predicted molar refractivity (Wildman–Crippen MR) is 134 cm³/mol. The number of ether oxygens (including phenoxy) is 3. The molecule has 1 aliphatic carbocycles. The van der Waals surface area contributed by atoms with Crippen LogP contribution in [0.5, 0.6) is 5.75 Å². The third-order valence-corrected chi connectivity index (χ3v) is 6.24. The fourth-order valence-electron chi connectivity index (χ4n) is 4.44. The lowest BCUT2D eigenvalue weighted by molar-refractivity contribution is -0.165. The van der Waals surface area contributed by atoms with E-state index in [0.29, 0.717) is 6.42 Å². The van der Waals surface area contributed by atoms with Crippen molar-refractivity contribution in [2.45, 2.75) is 32.5 Å². The molecule has 0 saturated heterocycles. The van der Waals surface area contributed by atoms with E-state index in [1.807, 2.05) is 84.9 Å². The molecule has 35 heavy (non-hydrogen) atoms. The highest BCUT2D eigenvalue weighted by Crippen LogP contribution is 2.39. The van der Waals surface area contributed by atoms with E-state index in [4.69, 9.17) is 14.2 Å². The van der Waals surface area contributed by atoms with Gasteiger partial charge in [-0.05, 0) is 53.7 Å². The number of methoxy groups -OCH3 is 1. The van der Waals surface area contributed by atoms with Gasteiger partial charge in [0.25, 0.3) is 0 Å². The van der Waals surface area contributed by atoms with E-state index in [1.165, 1.54) is 0 Å². The molecule has 0 spiro atoms. The molecule has 0 heterocycles. The highest BCUT2D eigenvalue weighted by atomic mass is 16.6. The van der Waals surface area contributed by atoms with Crippen LogP contribution < -0.4 is 4.74 Å². The van der Waals surface area contributed by atoms with Gasteiger partial charge in [-0.15, -0.1) is 0 Å². The van der Waals surface area contributed by atoms with Crippen LogP contribution >= 0.6 is 0 Å². The Morgan fingerprint density at radius 2 is 1.43 bits per heavy atom. The second-order valence-electron chi connectivity index (χ2n) is 8.59. The maximum absolute atomic E-state index is 13.4. The second-order valence-corrected chi connectivity index (χ2v) is 8.59. The monoisotopic (exact) mass is 470 g/mol. The van der Waals surface area contributed by atoms with Crippen molar-refractivity contribution in [3.63, 3.8) is 0 Å². The summed E-state index contributed by atoms with van der Waals surface area (Å²) in [4.78, 5) is 26.8. The molecule has 0 amide bonds. The lowest BCUT2D eigenvalue weighted by Gasteiger charge is -2.30. The number of carbonyl (C=O) groups is 2. The molecule has 1 unspecified atom stereocenters. The topological polar surface area (TPSA) is 61.8 Å².